The van der Waals surface area contributed by atoms with E-state index in [9.17, 15) is 23.5 Å². The Labute approximate surface area is 150 Å². The second kappa shape index (κ2) is 7.64. The second-order valence-electron chi connectivity index (χ2n) is 6.38. The number of aliphatic carboxylic acids is 1. The van der Waals surface area contributed by atoms with Crippen LogP contribution in [0.2, 0.25) is 0 Å². The molecule has 136 valence electrons. The number of fused-ring (bicyclic) bond motifs is 1. The molecule has 0 saturated carbocycles. The number of amides is 1. The fraction of sp³-hybridized carbons (Fsp3) is 0.300. The molecule has 6 heteroatoms. The van der Waals surface area contributed by atoms with E-state index in [0.29, 0.717) is 36.9 Å². The van der Waals surface area contributed by atoms with Gasteiger partial charge in [-0.15, -0.1) is 0 Å². The molecule has 0 aromatic heterocycles. The van der Waals surface area contributed by atoms with E-state index in [1.54, 1.807) is 12.1 Å². The average Bonchev–Trinajstić information content (AvgIpc) is 2.63. The highest BCUT2D eigenvalue weighted by molar-refractivity contribution is 5.85. The molecule has 1 heterocycles. The molecule has 4 nitrogen and oxygen atoms in total. The Bertz CT molecular complexity index is 838. The van der Waals surface area contributed by atoms with Gasteiger partial charge in [0.05, 0.1) is 0 Å². The van der Waals surface area contributed by atoms with Crippen LogP contribution >= 0.6 is 0 Å². The molecule has 1 N–H and O–H groups in total. The summed E-state index contributed by atoms with van der Waals surface area (Å²) in [6.45, 7) is 0.359. The number of halogens is 2. The van der Waals surface area contributed by atoms with Gasteiger partial charge in [-0.25, -0.2) is 13.6 Å². The van der Waals surface area contributed by atoms with Crippen molar-refractivity contribution in [2.45, 2.75) is 31.7 Å². The molecule has 2 aromatic rings. The predicted molar refractivity (Wildman–Crippen MR) is 91.5 cm³/mol. The Kier molecular flexibility index (Phi) is 5.30. The lowest BCUT2D eigenvalue weighted by Gasteiger charge is -2.34. The smallest absolute Gasteiger partial charge is 0.331 e. The summed E-state index contributed by atoms with van der Waals surface area (Å²) < 4.78 is 26.2. The molecule has 0 aliphatic carbocycles. The molecule has 1 amide bonds. The molecule has 0 fully saturated rings. The van der Waals surface area contributed by atoms with Gasteiger partial charge in [-0.05, 0) is 48.1 Å². The van der Waals surface area contributed by atoms with Crippen LogP contribution in [0.4, 0.5) is 8.78 Å². The minimum absolute atomic E-state index is 0.158. The summed E-state index contributed by atoms with van der Waals surface area (Å²) in [7, 11) is 0. The van der Waals surface area contributed by atoms with Gasteiger partial charge >= 0.3 is 5.97 Å². The van der Waals surface area contributed by atoms with E-state index in [2.05, 4.69) is 0 Å². The first-order chi connectivity index (χ1) is 12.5. The monoisotopic (exact) mass is 359 g/mol. The van der Waals surface area contributed by atoms with E-state index < -0.39 is 23.6 Å². The number of carbonyl (C=O) groups is 2. The third-order valence-corrected chi connectivity index (χ3v) is 4.68. The van der Waals surface area contributed by atoms with Crippen LogP contribution in [0.3, 0.4) is 0 Å². The van der Waals surface area contributed by atoms with Crippen LogP contribution in [-0.4, -0.2) is 28.4 Å². The van der Waals surface area contributed by atoms with Crippen molar-refractivity contribution < 1.29 is 23.5 Å². The molecule has 0 radical (unpaired) electrons. The normalized spacial score (nSPS) is 16.2. The van der Waals surface area contributed by atoms with Crippen molar-refractivity contribution in [1.29, 1.82) is 0 Å². The van der Waals surface area contributed by atoms with Crippen LogP contribution in [0.5, 0.6) is 0 Å². The minimum atomic E-state index is -1.05. The number of carboxylic acids is 1. The van der Waals surface area contributed by atoms with Crippen LogP contribution in [-0.2, 0) is 22.4 Å². The fourth-order valence-corrected chi connectivity index (χ4v) is 3.38. The molecule has 0 bridgehead atoms. The van der Waals surface area contributed by atoms with Crippen LogP contribution < -0.4 is 0 Å². The number of nitrogens with zero attached hydrogens (tertiary/aromatic N) is 1. The number of hydrogen-bond donors (Lipinski definition) is 1. The number of carboxylic acid groups (broad SMARTS) is 1. The van der Waals surface area contributed by atoms with E-state index in [-0.39, 0.29) is 12.3 Å². The first-order valence-corrected chi connectivity index (χ1v) is 8.51. The van der Waals surface area contributed by atoms with Crippen molar-refractivity contribution in [2.24, 2.45) is 0 Å². The molecular formula is C20H19F2NO3. The Hall–Kier alpha value is -2.76. The molecule has 3 rings (SSSR count). The maximum atomic E-state index is 13.2. The van der Waals surface area contributed by atoms with Crippen LogP contribution in [0.25, 0.3) is 0 Å². The molecule has 1 aliphatic rings. The van der Waals surface area contributed by atoms with E-state index in [1.165, 1.54) is 11.0 Å². The van der Waals surface area contributed by atoms with Crippen molar-refractivity contribution >= 4 is 11.9 Å². The summed E-state index contributed by atoms with van der Waals surface area (Å²) in [6.07, 6.45) is 1.64. The summed E-state index contributed by atoms with van der Waals surface area (Å²) in [5, 5.41) is 9.59. The third kappa shape index (κ3) is 3.74. The maximum absolute atomic E-state index is 13.2. The topological polar surface area (TPSA) is 57.6 Å². The van der Waals surface area contributed by atoms with Gasteiger partial charge in [0.1, 0.15) is 0 Å². The Balaban J connectivity index is 1.65. The average molecular weight is 359 g/mol. The fourth-order valence-electron chi connectivity index (χ4n) is 3.38. The van der Waals surface area contributed by atoms with Crippen molar-refractivity contribution in [1.82, 2.24) is 4.90 Å². The third-order valence-electron chi connectivity index (χ3n) is 4.68. The van der Waals surface area contributed by atoms with Gasteiger partial charge in [0.15, 0.2) is 17.7 Å². The lowest BCUT2D eigenvalue weighted by Crippen LogP contribution is -2.43. The van der Waals surface area contributed by atoms with Gasteiger partial charge < -0.3 is 10.0 Å². The van der Waals surface area contributed by atoms with Crippen molar-refractivity contribution in [3.63, 3.8) is 0 Å². The molecule has 1 unspecified atom stereocenters. The molecule has 0 saturated heterocycles. The highest BCUT2D eigenvalue weighted by Crippen LogP contribution is 2.30. The lowest BCUT2D eigenvalue weighted by molar-refractivity contribution is -0.151. The van der Waals surface area contributed by atoms with E-state index in [0.717, 1.165) is 17.7 Å². The summed E-state index contributed by atoms with van der Waals surface area (Å²) in [4.78, 5) is 25.7. The largest absolute Gasteiger partial charge is 0.479 e. The van der Waals surface area contributed by atoms with Crippen LogP contribution in [0, 0.1) is 11.6 Å². The van der Waals surface area contributed by atoms with E-state index >= 15 is 0 Å². The maximum Gasteiger partial charge on any atom is 0.331 e. The standard InChI is InChI=1S/C20H19F2NO3/c21-16-9-8-13(12-17(16)22)4-3-7-18(24)23-11-10-14-5-1-2-6-15(14)19(23)20(25)26/h1-2,5-6,8-9,12,19H,3-4,7,10-11H2,(H,25,26). The van der Waals surface area contributed by atoms with E-state index in [4.69, 9.17) is 0 Å². The quantitative estimate of drug-likeness (QED) is 0.889. The molecule has 1 atom stereocenters. The predicted octanol–water partition coefficient (Wildman–Crippen LogP) is 3.50. The van der Waals surface area contributed by atoms with Gasteiger partial charge in [0.2, 0.25) is 5.91 Å². The van der Waals surface area contributed by atoms with Crippen molar-refractivity contribution in [3.8, 4) is 0 Å². The van der Waals surface area contributed by atoms with E-state index in [1.807, 2.05) is 12.1 Å². The number of aryl methyl sites for hydroxylation is 1. The van der Waals surface area contributed by atoms with Gasteiger partial charge in [-0.1, -0.05) is 30.3 Å². The Morgan fingerprint density at radius 3 is 2.62 bits per heavy atom. The molecule has 1 aliphatic heterocycles. The summed E-state index contributed by atoms with van der Waals surface area (Å²) in [5.41, 5.74) is 2.21. The number of carbonyl (C=O) groups excluding carboxylic acids is 1. The summed E-state index contributed by atoms with van der Waals surface area (Å²) in [5.74, 6) is -3.10. The van der Waals surface area contributed by atoms with Crippen molar-refractivity contribution in [2.75, 3.05) is 6.54 Å². The highest BCUT2D eigenvalue weighted by atomic mass is 19.2. The first kappa shape index (κ1) is 18.0. The van der Waals surface area contributed by atoms with Gasteiger partial charge in [0, 0.05) is 13.0 Å². The van der Waals surface area contributed by atoms with Gasteiger partial charge in [-0.3, -0.25) is 4.79 Å². The zero-order valence-corrected chi connectivity index (χ0v) is 14.1. The highest BCUT2D eigenvalue weighted by Gasteiger charge is 2.35. The van der Waals surface area contributed by atoms with Crippen molar-refractivity contribution in [3.05, 3.63) is 70.8 Å². The Morgan fingerprint density at radius 1 is 1.12 bits per heavy atom. The molecule has 26 heavy (non-hydrogen) atoms. The van der Waals surface area contributed by atoms with Crippen LogP contribution in [0.15, 0.2) is 42.5 Å². The number of benzene rings is 2. The zero-order valence-electron chi connectivity index (χ0n) is 14.1. The summed E-state index contributed by atoms with van der Waals surface area (Å²) in [6, 6.07) is 9.95. The Morgan fingerprint density at radius 2 is 1.88 bits per heavy atom. The molecular weight excluding hydrogens is 340 g/mol. The SMILES string of the molecule is O=C(O)C1c2ccccc2CCN1C(=O)CCCc1ccc(F)c(F)c1. The van der Waals surface area contributed by atoms with Gasteiger partial charge in [-0.2, -0.15) is 0 Å². The van der Waals surface area contributed by atoms with Crippen LogP contribution in [0.1, 0.15) is 35.6 Å². The zero-order chi connectivity index (χ0) is 18.7. The number of rotatable bonds is 5. The summed E-state index contributed by atoms with van der Waals surface area (Å²) >= 11 is 0. The molecule has 0 spiro atoms. The first-order valence-electron chi connectivity index (χ1n) is 8.51. The second-order valence-corrected chi connectivity index (χ2v) is 6.38. The van der Waals surface area contributed by atoms with Gasteiger partial charge in [0.25, 0.3) is 0 Å². The molecule has 2 aromatic carbocycles. The lowest BCUT2D eigenvalue weighted by atomic mass is 9.92. The number of hydrogen-bond acceptors (Lipinski definition) is 2. The minimum Gasteiger partial charge on any atom is -0.479 e.